The highest BCUT2D eigenvalue weighted by molar-refractivity contribution is 5.79. The van der Waals surface area contributed by atoms with Gasteiger partial charge in [-0.25, -0.2) is 14.0 Å². The van der Waals surface area contributed by atoms with E-state index in [1.54, 1.807) is 25.9 Å². The molecule has 11 heteroatoms. The van der Waals surface area contributed by atoms with Gasteiger partial charge in [0.1, 0.15) is 12.2 Å². The van der Waals surface area contributed by atoms with Crippen molar-refractivity contribution in [2.75, 3.05) is 40.3 Å². The normalized spacial score (nSPS) is 24.7. The van der Waals surface area contributed by atoms with Crippen LogP contribution in [0, 0.1) is 30.1 Å². The van der Waals surface area contributed by atoms with Crippen molar-refractivity contribution in [1.82, 2.24) is 20.0 Å². The number of aryl methyl sites for hydroxylation is 1. The minimum Gasteiger partial charge on any atom is -0.479 e. The Morgan fingerprint density at radius 3 is 2.05 bits per heavy atom. The van der Waals surface area contributed by atoms with E-state index in [-0.39, 0.29) is 43.9 Å². The lowest BCUT2D eigenvalue weighted by atomic mass is 10.0. The van der Waals surface area contributed by atoms with Crippen LogP contribution in [0.2, 0.25) is 0 Å². The lowest BCUT2D eigenvalue weighted by Gasteiger charge is -2.24. The summed E-state index contributed by atoms with van der Waals surface area (Å²) in [7, 11) is 3.53. The Bertz CT molecular complexity index is 975. The van der Waals surface area contributed by atoms with E-state index in [4.69, 9.17) is 15.5 Å². The molecule has 0 bridgehead atoms. The third-order valence-corrected chi connectivity index (χ3v) is 7.28. The third kappa shape index (κ3) is 11.7. The first-order valence-corrected chi connectivity index (χ1v) is 14.4. The first-order chi connectivity index (χ1) is 19.5. The number of carboxylic acid groups (broad SMARTS) is 1. The highest BCUT2D eigenvalue weighted by atomic mass is 19.1. The Morgan fingerprint density at radius 1 is 1.10 bits per heavy atom. The molecule has 1 aromatic carbocycles. The van der Waals surface area contributed by atoms with Crippen LogP contribution in [0.15, 0.2) is 30.3 Å². The molecule has 0 spiro atoms. The predicted octanol–water partition coefficient (Wildman–Crippen LogP) is 3.29. The van der Waals surface area contributed by atoms with Crippen LogP contribution in [0.4, 0.5) is 9.18 Å². The SMILES string of the molecule is CC.CCC(O)C(=O)O.CN(C)C(=O)N1C[C@H]2CC(NCC(=O)N3CC(F)CC3C#N)C[C@H]2C1.Cc1ccccc1. The molecular weight excluding hydrogens is 529 g/mol. The van der Waals surface area contributed by atoms with E-state index < -0.39 is 24.3 Å². The Kier molecular flexibility index (Phi) is 15.9. The molecule has 1 aliphatic carbocycles. The molecule has 4 unspecified atom stereocenters. The van der Waals surface area contributed by atoms with E-state index in [0.29, 0.717) is 11.8 Å². The van der Waals surface area contributed by atoms with Gasteiger partial charge in [0.2, 0.25) is 5.91 Å². The summed E-state index contributed by atoms with van der Waals surface area (Å²) in [5, 5.41) is 28.6. The molecule has 0 aromatic heterocycles. The molecule has 230 valence electrons. The van der Waals surface area contributed by atoms with Crippen molar-refractivity contribution in [2.24, 2.45) is 11.8 Å². The van der Waals surface area contributed by atoms with Gasteiger partial charge >= 0.3 is 12.0 Å². The number of carbonyl (C=O) groups is 3. The minimum absolute atomic E-state index is 0.0241. The second-order valence-corrected chi connectivity index (χ2v) is 10.6. The summed E-state index contributed by atoms with van der Waals surface area (Å²) in [6.07, 6.45) is 0.00566. The van der Waals surface area contributed by atoms with Crippen molar-refractivity contribution >= 4 is 17.9 Å². The van der Waals surface area contributed by atoms with E-state index in [0.717, 1.165) is 25.9 Å². The predicted molar refractivity (Wildman–Crippen MR) is 156 cm³/mol. The number of urea groups is 1. The fourth-order valence-electron chi connectivity index (χ4n) is 5.13. The Balaban J connectivity index is 0.000000430. The number of alkyl halides is 1. The fraction of sp³-hybridized carbons (Fsp3) is 0.667. The smallest absolute Gasteiger partial charge is 0.332 e. The van der Waals surface area contributed by atoms with Gasteiger partial charge in [-0.2, -0.15) is 5.26 Å². The zero-order valence-corrected chi connectivity index (χ0v) is 25.3. The Hall–Kier alpha value is -3.23. The van der Waals surface area contributed by atoms with Gasteiger partial charge in [-0.3, -0.25) is 4.79 Å². The number of aliphatic carboxylic acids is 1. The van der Waals surface area contributed by atoms with Crippen LogP contribution in [0.5, 0.6) is 0 Å². The van der Waals surface area contributed by atoms with Crippen LogP contribution in [0.3, 0.4) is 0 Å². The highest BCUT2D eigenvalue weighted by Gasteiger charge is 2.43. The lowest BCUT2D eigenvalue weighted by molar-refractivity contribution is -0.146. The average Bonchev–Trinajstić information content (AvgIpc) is 3.65. The standard InChI is InChI=1S/C17H26FN5O2.C7H8.C4H8O3.C2H6/c1-21(2)17(25)22-8-11-3-14(4-12(11)9-22)20-7-16(24)23-10-13(18)5-15(23)6-19;1-7-5-3-2-4-6-7;1-2-3(5)4(6)7;1-2/h11-15,20H,3-5,7-10H2,1-2H3;2-6H,1H3;3,5H,2H2,1H3,(H,6,7);1-2H3/t11-,12+,13?,14?,15?;;;. The molecule has 4 rings (SSSR count). The number of hydrogen-bond donors (Lipinski definition) is 3. The summed E-state index contributed by atoms with van der Waals surface area (Å²) in [6.45, 7) is 9.42. The Morgan fingerprint density at radius 2 is 1.66 bits per heavy atom. The number of hydrogen-bond acceptors (Lipinski definition) is 6. The highest BCUT2D eigenvalue weighted by Crippen LogP contribution is 2.38. The Labute approximate surface area is 244 Å². The number of likely N-dealkylation sites (tertiary alicyclic amines) is 2. The summed E-state index contributed by atoms with van der Waals surface area (Å²) in [5.41, 5.74) is 1.32. The number of benzene rings is 1. The molecule has 2 aliphatic heterocycles. The molecular formula is C30H48FN5O5. The van der Waals surface area contributed by atoms with Crippen molar-refractivity contribution in [3.8, 4) is 6.07 Å². The monoisotopic (exact) mass is 577 g/mol. The second-order valence-electron chi connectivity index (χ2n) is 10.6. The molecule has 10 nitrogen and oxygen atoms in total. The largest absolute Gasteiger partial charge is 0.479 e. The number of rotatable bonds is 5. The summed E-state index contributed by atoms with van der Waals surface area (Å²) in [6, 6.07) is 11.9. The number of nitrogens with zero attached hydrogens (tertiary/aromatic N) is 4. The zero-order chi connectivity index (χ0) is 31.1. The van der Waals surface area contributed by atoms with Crippen molar-refractivity contribution in [1.29, 1.82) is 5.26 Å². The number of aliphatic hydroxyl groups excluding tert-OH is 1. The van der Waals surface area contributed by atoms with Gasteiger partial charge in [0.25, 0.3) is 0 Å². The molecule has 1 saturated carbocycles. The lowest BCUT2D eigenvalue weighted by Crippen LogP contribution is -2.44. The van der Waals surface area contributed by atoms with E-state index in [1.165, 1.54) is 10.5 Å². The second kappa shape index (κ2) is 18.3. The van der Waals surface area contributed by atoms with E-state index >= 15 is 0 Å². The van der Waals surface area contributed by atoms with Crippen molar-refractivity contribution < 1.29 is 29.0 Å². The summed E-state index contributed by atoms with van der Waals surface area (Å²) in [4.78, 5) is 38.8. The number of carbonyl (C=O) groups excluding carboxylic acids is 2. The molecule has 41 heavy (non-hydrogen) atoms. The number of nitrogens with one attached hydrogen (secondary N) is 1. The summed E-state index contributed by atoms with van der Waals surface area (Å²) in [5.74, 6) is -0.397. The minimum atomic E-state index is -1.18. The van der Waals surface area contributed by atoms with E-state index in [1.807, 2.05) is 43.0 Å². The topological polar surface area (TPSA) is 137 Å². The maximum atomic E-state index is 13.4. The van der Waals surface area contributed by atoms with Crippen LogP contribution >= 0.6 is 0 Å². The van der Waals surface area contributed by atoms with Gasteiger partial charge in [0.05, 0.1) is 19.2 Å². The van der Waals surface area contributed by atoms with Crippen LogP contribution < -0.4 is 5.32 Å². The van der Waals surface area contributed by atoms with Gasteiger partial charge in [-0.1, -0.05) is 56.7 Å². The number of amides is 3. The molecule has 6 atom stereocenters. The van der Waals surface area contributed by atoms with Gasteiger partial charge in [0, 0.05) is 39.6 Å². The number of halogens is 1. The summed E-state index contributed by atoms with van der Waals surface area (Å²) < 4.78 is 13.4. The fourth-order valence-corrected chi connectivity index (χ4v) is 5.13. The molecule has 0 radical (unpaired) electrons. The number of aliphatic hydroxyl groups is 1. The quantitative estimate of drug-likeness (QED) is 0.488. The van der Waals surface area contributed by atoms with Crippen molar-refractivity contribution in [3.63, 3.8) is 0 Å². The molecule has 1 aromatic rings. The van der Waals surface area contributed by atoms with Crippen molar-refractivity contribution in [3.05, 3.63) is 35.9 Å². The van der Waals surface area contributed by atoms with Crippen LogP contribution in [-0.2, 0) is 9.59 Å². The number of carboxylic acids is 1. The van der Waals surface area contributed by atoms with Crippen LogP contribution in [0.1, 0.15) is 52.0 Å². The molecule has 2 saturated heterocycles. The first kappa shape index (κ1) is 35.8. The van der Waals surface area contributed by atoms with Gasteiger partial charge < -0.3 is 30.2 Å². The maximum absolute atomic E-state index is 13.4. The maximum Gasteiger partial charge on any atom is 0.332 e. The van der Waals surface area contributed by atoms with Crippen LogP contribution in [-0.4, -0.2) is 107 Å². The average molecular weight is 578 g/mol. The summed E-state index contributed by atoms with van der Waals surface area (Å²) >= 11 is 0. The molecule has 2 heterocycles. The molecule has 3 aliphatic rings. The molecule has 3 N–H and O–H groups in total. The number of fused-ring (bicyclic) bond motifs is 1. The van der Waals surface area contributed by atoms with Gasteiger partial charge in [0.15, 0.2) is 6.10 Å². The van der Waals surface area contributed by atoms with E-state index in [2.05, 4.69) is 24.4 Å². The van der Waals surface area contributed by atoms with E-state index in [9.17, 15) is 18.8 Å². The van der Waals surface area contributed by atoms with Gasteiger partial charge in [-0.05, 0) is 38.0 Å². The van der Waals surface area contributed by atoms with Crippen molar-refractivity contribution in [2.45, 2.75) is 77.7 Å². The first-order valence-electron chi connectivity index (χ1n) is 14.4. The number of nitriles is 1. The van der Waals surface area contributed by atoms with Gasteiger partial charge in [-0.15, -0.1) is 0 Å². The zero-order valence-electron chi connectivity index (χ0n) is 25.3. The molecule has 3 fully saturated rings. The van der Waals surface area contributed by atoms with Crippen LogP contribution in [0.25, 0.3) is 0 Å². The molecule has 3 amide bonds. The third-order valence-electron chi connectivity index (χ3n) is 7.28.